The van der Waals surface area contributed by atoms with Crippen LogP contribution in [0.3, 0.4) is 0 Å². The summed E-state index contributed by atoms with van der Waals surface area (Å²) in [5.74, 6) is 2.73. The Morgan fingerprint density at radius 1 is 1.22 bits per heavy atom. The standard InChI is InChI=1S/C19H26N4O3S/c1-14-5-9-23(10-6-14)18-4-3-16(26-18)13-22-8-7-17-15(12-22)11-20-19(21-17)27(2,24)25/h3-4,11,14H,5-10,12-13H2,1-2H3. The lowest BCUT2D eigenvalue weighted by Gasteiger charge is -2.30. The average molecular weight is 391 g/mol. The van der Waals surface area contributed by atoms with E-state index in [1.165, 1.54) is 12.8 Å². The van der Waals surface area contributed by atoms with Crippen molar-refractivity contribution in [3.63, 3.8) is 0 Å². The summed E-state index contributed by atoms with van der Waals surface area (Å²) in [7, 11) is -3.37. The van der Waals surface area contributed by atoms with E-state index in [-0.39, 0.29) is 5.16 Å². The number of rotatable bonds is 4. The predicted molar refractivity (Wildman–Crippen MR) is 102 cm³/mol. The van der Waals surface area contributed by atoms with E-state index < -0.39 is 9.84 Å². The molecule has 0 N–H and O–H groups in total. The summed E-state index contributed by atoms with van der Waals surface area (Å²) < 4.78 is 29.3. The first-order chi connectivity index (χ1) is 12.9. The number of piperidine rings is 1. The van der Waals surface area contributed by atoms with Gasteiger partial charge in [-0.2, -0.15) is 0 Å². The zero-order chi connectivity index (χ0) is 19.0. The van der Waals surface area contributed by atoms with Crippen LogP contribution in [0.4, 0.5) is 5.88 Å². The molecule has 0 unspecified atom stereocenters. The van der Waals surface area contributed by atoms with Crippen LogP contribution in [-0.4, -0.2) is 49.2 Å². The van der Waals surface area contributed by atoms with Crippen molar-refractivity contribution in [1.29, 1.82) is 0 Å². The minimum atomic E-state index is -3.37. The van der Waals surface area contributed by atoms with E-state index in [9.17, 15) is 8.42 Å². The fraction of sp³-hybridized carbons (Fsp3) is 0.579. The Morgan fingerprint density at radius 2 is 2.00 bits per heavy atom. The van der Waals surface area contributed by atoms with Crippen LogP contribution in [0.25, 0.3) is 0 Å². The number of anilines is 1. The van der Waals surface area contributed by atoms with Gasteiger partial charge in [-0.1, -0.05) is 6.92 Å². The molecule has 4 rings (SSSR count). The van der Waals surface area contributed by atoms with E-state index in [1.54, 1.807) is 6.20 Å². The van der Waals surface area contributed by atoms with Crippen molar-refractivity contribution in [3.05, 3.63) is 35.3 Å². The maximum atomic E-state index is 11.6. The number of aromatic nitrogens is 2. The van der Waals surface area contributed by atoms with Crippen LogP contribution >= 0.6 is 0 Å². The molecular formula is C19H26N4O3S. The number of fused-ring (bicyclic) bond motifs is 1. The molecule has 27 heavy (non-hydrogen) atoms. The second-order valence-electron chi connectivity index (χ2n) is 7.77. The number of sulfone groups is 1. The van der Waals surface area contributed by atoms with Gasteiger partial charge in [-0.15, -0.1) is 0 Å². The number of furan rings is 1. The molecule has 8 heteroatoms. The van der Waals surface area contributed by atoms with Gasteiger partial charge in [-0.05, 0) is 24.8 Å². The molecule has 1 fully saturated rings. The van der Waals surface area contributed by atoms with Gasteiger partial charge in [-0.3, -0.25) is 4.90 Å². The van der Waals surface area contributed by atoms with Crippen LogP contribution in [0.15, 0.2) is 27.9 Å². The molecule has 0 aromatic carbocycles. The zero-order valence-corrected chi connectivity index (χ0v) is 16.7. The van der Waals surface area contributed by atoms with Gasteiger partial charge in [0.05, 0.1) is 12.2 Å². The van der Waals surface area contributed by atoms with Gasteiger partial charge in [0.25, 0.3) is 0 Å². The summed E-state index contributed by atoms with van der Waals surface area (Å²) in [6.07, 6.45) is 5.94. The Kier molecular flexibility index (Phi) is 4.94. The highest BCUT2D eigenvalue weighted by Crippen LogP contribution is 2.26. The molecule has 0 atom stereocenters. The maximum absolute atomic E-state index is 11.6. The average Bonchev–Trinajstić information content (AvgIpc) is 3.09. The third-order valence-electron chi connectivity index (χ3n) is 5.44. The van der Waals surface area contributed by atoms with Crippen molar-refractivity contribution in [2.45, 2.75) is 44.4 Å². The minimum Gasteiger partial charge on any atom is -0.444 e. The molecule has 0 amide bonds. The van der Waals surface area contributed by atoms with Gasteiger partial charge in [0, 0.05) is 56.7 Å². The third kappa shape index (κ3) is 4.16. The van der Waals surface area contributed by atoms with Gasteiger partial charge in [-0.25, -0.2) is 18.4 Å². The van der Waals surface area contributed by atoms with Crippen molar-refractivity contribution in [2.24, 2.45) is 5.92 Å². The van der Waals surface area contributed by atoms with E-state index in [0.29, 0.717) is 6.54 Å². The fourth-order valence-electron chi connectivity index (χ4n) is 3.74. The Labute approximate surface area is 160 Å². The molecule has 0 aliphatic carbocycles. The Bertz CT molecular complexity index is 917. The first kappa shape index (κ1) is 18.4. The van der Waals surface area contributed by atoms with E-state index in [2.05, 4.69) is 38.8 Å². The third-order valence-corrected chi connectivity index (χ3v) is 6.30. The lowest BCUT2D eigenvalue weighted by molar-refractivity contribution is 0.223. The summed E-state index contributed by atoms with van der Waals surface area (Å²) in [6, 6.07) is 4.14. The molecule has 0 radical (unpaired) electrons. The highest BCUT2D eigenvalue weighted by molar-refractivity contribution is 7.90. The van der Waals surface area contributed by atoms with Crippen molar-refractivity contribution < 1.29 is 12.8 Å². The molecule has 2 aliphatic rings. The largest absolute Gasteiger partial charge is 0.444 e. The van der Waals surface area contributed by atoms with Crippen LogP contribution < -0.4 is 4.90 Å². The molecular weight excluding hydrogens is 364 g/mol. The summed E-state index contributed by atoms with van der Waals surface area (Å²) in [5, 5.41) is -0.0822. The van der Waals surface area contributed by atoms with E-state index >= 15 is 0 Å². The van der Waals surface area contributed by atoms with Crippen molar-refractivity contribution in [3.8, 4) is 0 Å². The molecule has 1 saturated heterocycles. The van der Waals surface area contributed by atoms with Gasteiger partial charge < -0.3 is 9.32 Å². The number of hydrogen-bond acceptors (Lipinski definition) is 7. The second-order valence-corrected chi connectivity index (χ2v) is 9.68. The van der Waals surface area contributed by atoms with Crippen LogP contribution in [-0.2, 0) is 29.3 Å². The first-order valence-corrected chi connectivity index (χ1v) is 11.4. The Balaban J connectivity index is 1.40. The molecule has 0 bridgehead atoms. The van der Waals surface area contributed by atoms with E-state index in [4.69, 9.17) is 4.42 Å². The smallest absolute Gasteiger partial charge is 0.246 e. The van der Waals surface area contributed by atoms with Gasteiger partial charge in [0.2, 0.25) is 15.0 Å². The SMILES string of the molecule is CC1CCN(c2ccc(CN3CCc4nc(S(C)(=O)=O)ncc4C3)o2)CC1. The number of nitrogens with zero attached hydrogens (tertiary/aromatic N) is 4. The molecule has 2 aromatic rings. The fourth-order valence-corrected chi connectivity index (χ4v) is 4.26. The van der Waals surface area contributed by atoms with Crippen molar-refractivity contribution in [2.75, 3.05) is 30.8 Å². The lowest BCUT2D eigenvalue weighted by Crippen LogP contribution is -2.32. The summed E-state index contributed by atoms with van der Waals surface area (Å²) >= 11 is 0. The minimum absolute atomic E-state index is 0.0822. The molecule has 146 valence electrons. The van der Waals surface area contributed by atoms with E-state index in [1.807, 2.05) is 0 Å². The molecule has 4 heterocycles. The maximum Gasteiger partial charge on any atom is 0.246 e. The highest BCUT2D eigenvalue weighted by atomic mass is 32.2. The van der Waals surface area contributed by atoms with Crippen LogP contribution in [0.5, 0.6) is 0 Å². The quantitative estimate of drug-likeness (QED) is 0.741. The Morgan fingerprint density at radius 3 is 2.74 bits per heavy atom. The molecule has 2 aromatic heterocycles. The second kappa shape index (κ2) is 7.24. The zero-order valence-electron chi connectivity index (χ0n) is 15.9. The Hall–Kier alpha value is -1.93. The van der Waals surface area contributed by atoms with Gasteiger partial charge in [0.15, 0.2) is 5.88 Å². The lowest BCUT2D eigenvalue weighted by atomic mass is 9.99. The summed E-state index contributed by atoms with van der Waals surface area (Å²) in [5.41, 5.74) is 1.83. The normalized spacial score (nSPS) is 19.3. The summed E-state index contributed by atoms with van der Waals surface area (Å²) in [6.45, 7) is 6.69. The van der Waals surface area contributed by atoms with Crippen molar-refractivity contribution in [1.82, 2.24) is 14.9 Å². The summed E-state index contributed by atoms with van der Waals surface area (Å²) in [4.78, 5) is 12.9. The van der Waals surface area contributed by atoms with Gasteiger partial charge >= 0.3 is 0 Å². The first-order valence-electron chi connectivity index (χ1n) is 9.49. The number of hydrogen-bond donors (Lipinski definition) is 0. The molecule has 2 aliphatic heterocycles. The van der Waals surface area contributed by atoms with Crippen LogP contribution in [0.1, 0.15) is 36.8 Å². The van der Waals surface area contributed by atoms with E-state index in [0.717, 1.165) is 67.7 Å². The topological polar surface area (TPSA) is 79.5 Å². The molecule has 0 spiro atoms. The molecule has 0 saturated carbocycles. The van der Waals surface area contributed by atoms with Crippen LogP contribution in [0, 0.1) is 5.92 Å². The molecule has 7 nitrogen and oxygen atoms in total. The van der Waals surface area contributed by atoms with Crippen molar-refractivity contribution >= 4 is 15.7 Å². The monoisotopic (exact) mass is 390 g/mol. The predicted octanol–water partition coefficient (Wildman–Crippen LogP) is 2.27. The highest BCUT2D eigenvalue weighted by Gasteiger charge is 2.23. The van der Waals surface area contributed by atoms with Crippen LogP contribution in [0.2, 0.25) is 0 Å². The van der Waals surface area contributed by atoms with Gasteiger partial charge in [0.1, 0.15) is 5.76 Å².